The maximum Gasteiger partial charge on any atom is 0.125 e. The van der Waals surface area contributed by atoms with Crippen LogP contribution >= 0.6 is 11.6 Å². The summed E-state index contributed by atoms with van der Waals surface area (Å²) >= 11 is 5.92. The minimum Gasteiger partial charge on any atom is -0.384 e. The molecule has 1 aliphatic heterocycles. The fraction of sp³-hybridized carbons (Fsp3) is 0.250. The predicted octanol–water partition coefficient (Wildman–Crippen LogP) is 4.85. The van der Waals surface area contributed by atoms with E-state index in [9.17, 15) is 4.39 Å². The van der Waals surface area contributed by atoms with Crippen LogP contribution in [0.5, 0.6) is 0 Å². The van der Waals surface area contributed by atoms with Crippen molar-refractivity contribution in [3.8, 4) is 11.1 Å². The first kappa shape index (κ1) is 12.5. The summed E-state index contributed by atoms with van der Waals surface area (Å²) in [4.78, 5) is 0. The molecule has 0 saturated carbocycles. The quantitative estimate of drug-likeness (QED) is 0.784. The van der Waals surface area contributed by atoms with E-state index in [4.69, 9.17) is 11.6 Å². The Morgan fingerprint density at radius 1 is 1.11 bits per heavy atom. The summed E-state index contributed by atoms with van der Waals surface area (Å²) in [6.07, 6.45) is 0. The number of fused-ring (bicyclic) bond motifs is 1. The third kappa shape index (κ3) is 2.21. The van der Waals surface area contributed by atoms with Crippen LogP contribution in [0, 0.1) is 5.82 Å². The van der Waals surface area contributed by atoms with E-state index in [1.807, 2.05) is 6.07 Å². The summed E-state index contributed by atoms with van der Waals surface area (Å²) in [5, 5.41) is 3.82. The molecule has 3 heteroatoms. The smallest absolute Gasteiger partial charge is 0.125 e. The molecular formula is C16H15ClFN. The van der Waals surface area contributed by atoms with Crippen molar-refractivity contribution < 1.29 is 4.39 Å². The van der Waals surface area contributed by atoms with E-state index in [0.717, 1.165) is 23.4 Å². The molecule has 0 fully saturated rings. The van der Waals surface area contributed by atoms with Gasteiger partial charge >= 0.3 is 0 Å². The highest BCUT2D eigenvalue weighted by Crippen LogP contribution is 2.39. The van der Waals surface area contributed by atoms with E-state index in [2.05, 4.69) is 31.3 Å². The lowest BCUT2D eigenvalue weighted by Crippen LogP contribution is -2.18. The van der Waals surface area contributed by atoms with Crippen LogP contribution in [0.15, 0.2) is 36.4 Å². The fourth-order valence-electron chi connectivity index (χ4n) is 2.57. The topological polar surface area (TPSA) is 12.0 Å². The van der Waals surface area contributed by atoms with E-state index in [-0.39, 0.29) is 11.2 Å². The Bertz CT molecular complexity index is 629. The Labute approximate surface area is 117 Å². The van der Waals surface area contributed by atoms with E-state index in [1.165, 1.54) is 17.7 Å². The van der Waals surface area contributed by atoms with E-state index < -0.39 is 0 Å². The van der Waals surface area contributed by atoms with Crippen LogP contribution in [-0.4, -0.2) is 6.54 Å². The summed E-state index contributed by atoms with van der Waals surface area (Å²) < 4.78 is 13.4. The Balaban J connectivity index is 2.12. The molecule has 0 saturated heterocycles. The largest absolute Gasteiger partial charge is 0.384 e. The van der Waals surface area contributed by atoms with Crippen LogP contribution in [0.1, 0.15) is 19.4 Å². The maximum atomic E-state index is 13.4. The van der Waals surface area contributed by atoms with Gasteiger partial charge < -0.3 is 5.32 Å². The number of benzene rings is 2. The van der Waals surface area contributed by atoms with E-state index >= 15 is 0 Å². The van der Waals surface area contributed by atoms with Gasteiger partial charge in [-0.1, -0.05) is 31.5 Å². The van der Waals surface area contributed by atoms with Crippen LogP contribution in [0.2, 0.25) is 5.02 Å². The lowest BCUT2D eigenvalue weighted by molar-refractivity contribution is 0.586. The monoisotopic (exact) mass is 275 g/mol. The molecule has 2 aromatic carbocycles. The number of nitrogens with one attached hydrogen (secondary N) is 1. The second kappa shape index (κ2) is 4.24. The second-order valence-electron chi connectivity index (χ2n) is 5.66. The van der Waals surface area contributed by atoms with Gasteiger partial charge in [0, 0.05) is 22.7 Å². The van der Waals surface area contributed by atoms with Gasteiger partial charge in [-0.25, -0.2) is 4.39 Å². The van der Waals surface area contributed by atoms with Crippen molar-refractivity contribution in [2.75, 3.05) is 11.9 Å². The molecule has 98 valence electrons. The molecule has 2 aromatic rings. The highest BCUT2D eigenvalue weighted by Gasteiger charge is 2.29. The van der Waals surface area contributed by atoms with Crippen molar-refractivity contribution in [1.29, 1.82) is 0 Å². The SMILES string of the molecule is CC1(C)CNc2ccc(-c3cc(F)cc(Cl)c3)cc21. The molecule has 0 spiro atoms. The Hall–Kier alpha value is -1.54. The van der Waals surface area contributed by atoms with Gasteiger partial charge in [0.2, 0.25) is 0 Å². The maximum absolute atomic E-state index is 13.4. The molecule has 3 rings (SSSR count). The van der Waals surface area contributed by atoms with Gasteiger partial charge in [-0.15, -0.1) is 0 Å². The number of hydrogen-bond acceptors (Lipinski definition) is 1. The number of hydrogen-bond donors (Lipinski definition) is 1. The van der Waals surface area contributed by atoms with Crippen LogP contribution in [-0.2, 0) is 5.41 Å². The molecule has 0 unspecified atom stereocenters. The van der Waals surface area contributed by atoms with Crippen molar-refractivity contribution in [3.63, 3.8) is 0 Å². The van der Waals surface area contributed by atoms with Gasteiger partial charge in [0.25, 0.3) is 0 Å². The standard InChI is InChI=1S/C16H15ClFN/c1-16(2)9-19-15-4-3-10(7-14(15)16)11-5-12(17)8-13(18)6-11/h3-8,19H,9H2,1-2H3. The van der Waals surface area contributed by atoms with E-state index in [0.29, 0.717) is 5.02 Å². The zero-order chi connectivity index (χ0) is 13.6. The molecule has 0 aliphatic carbocycles. The molecule has 19 heavy (non-hydrogen) atoms. The van der Waals surface area contributed by atoms with Crippen molar-refractivity contribution in [1.82, 2.24) is 0 Å². The zero-order valence-electron chi connectivity index (χ0n) is 10.9. The van der Waals surface area contributed by atoms with Gasteiger partial charge in [0.1, 0.15) is 5.82 Å². The number of halogens is 2. The van der Waals surface area contributed by atoms with Gasteiger partial charge in [0.15, 0.2) is 0 Å². The average Bonchev–Trinajstić information content (AvgIpc) is 2.64. The second-order valence-corrected chi connectivity index (χ2v) is 6.09. The normalized spacial score (nSPS) is 16.0. The minimum atomic E-state index is -0.305. The Kier molecular flexibility index (Phi) is 2.79. The van der Waals surface area contributed by atoms with Crippen molar-refractivity contribution >= 4 is 17.3 Å². The molecular weight excluding hydrogens is 261 g/mol. The van der Waals surface area contributed by atoms with Gasteiger partial charge in [-0.05, 0) is 47.0 Å². The minimum absolute atomic E-state index is 0.0997. The predicted molar refractivity (Wildman–Crippen MR) is 78.4 cm³/mol. The van der Waals surface area contributed by atoms with Gasteiger partial charge in [-0.3, -0.25) is 0 Å². The molecule has 1 aliphatic rings. The van der Waals surface area contributed by atoms with Gasteiger partial charge in [-0.2, -0.15) is 0 Å². The number of rotatable bonds is 1. The highest BCUT2D eigenvalue weighted by atomic mass is 35.5. The lowest BCUT2D eigenvalue weighted by Gasteiger charge is -2.17. The van der Waals surface area contributed by atoms with Crippen molar-refractivity contribution in [2.45, 2.75) is 19.3 Å². The zero-order valence-corrected chi connectivity index (χ0v) is 11.7. The Morgan fingerprint density at radius 3 is 2.63 bits per heavy atom. The molecule has 1 heterocycles. The molecule has 0 atom stereocenters. The third-order valence-electron chi connectivity index (χ3n) is 3.67. The van der Waals surface area contributed by atoms with E-state index in [1.54, 1.807) is 6.07 Å². The molecule has 1 nitrogen and oxygen atoms in total. The van der Waals surface area contributed by atoms with Crippen LogP contribution in [0.3, 0.4) is 0 Å². The van der Waals surface area contributed by atoms with Crippen LogP contribution in [0.25, 0.3) is 11.1 Å². The first-order chi connectivity index (χ1) is 8.95. The van der Waals surface area contributed by atoms with Crippen LogP contribution in [0.4, 0.5) is 10.1 Å². The third-order valence-corrected chi connectivity index (χ3v) is 3.88. The summed E-state index contributed by atoms with van der Waals surface area (Å²) in [5.74, 6) is -0.305. The molecule has 0 radical (unpaired) electrons. The lowest BCUT2D eigenvalue weighted by atomic mass is 9.85. The van der Waals surface area contributed by atoms with Gasteiger partial charge in [0.05, 0.1) is 0 Å². The first-order valence-electron chi connectivity index (χ1n) is 6.31. The Morgan fingerprint density at radius 2 is 1.89 bits per heavy atom. The van der Waals surface area contributed by atoms with Crippen molar-refractivity contribution in [3.05, 3.63) is 52.8 Å². The molecule has 1 N–H and O–H groups in total. The summed E-state index contributed by atoms with van der Waals surface area (Å²) in [5.41, 5.74) is 4.34. The first-order valence-corrected chi connectivity index (χ1v) is 6.68. The average molecular weight is 276 g/mol. The summed E-state index contributed by atoms with van der Waals surface area (Å²) in [6.45, 7) is 5.33. The summed E-state index contributed by atoms with van der Waals surface area (Å²) in [7, 11) is 0. The molecule has 0 aromatic heterocycles. The molecule has 0 amide bonds. The highest BCUT2D eigenvalue weighted by molar-refractivity contribution is 6.30. The fourth-order valence-corrected chi connectivity index (χ4v) is 2.79. The molecule has 0 bridgehead atoms. The summed E-state index contributed by atoms with van der Waals surface area (Å²) in [6, 6.07) is 10.8. The van der Waals surface area contributed by atoms with Crippen molar-refractivity contribution in [2.24, 2.45) is 0 Å². The van der Waals surface area contributed by atoms with Crippen LogP contribution < -0.4 is 5.32 Å². The number of anilines is 1.